The first-order chi connectivity index (χ1) is 26.3. The Morgan fingerprint density at radius 3 is 2.20 bits per heavy atom. The van der Waals surface area contributed by atoms with Crippen molar-refractivity contribution < 1.29 is 41.8 Å². The number of carbonyl (C=O) groups is 2. The summed E-state index contributed by atoms with van der Waals surface area (Å²) in [5.41, 5.74) is 7.02. The molecular formula is C36H39ClFN8O8P. The molecule has 290 valence electrons. The number of nitrogen functional groups attached to an aromatic ring is 1. The third-order valence-electron chi connectivity index (χ3n) is 8.15. The molecule has 1 aliphatic heterocycles. The highest BCUT2D eigenvalue weighted by atomic mass is 35.5. The average molecular weight is 797 g/mol. The second kappa shape index (κ2) is 16.6. The number of esters is 1. The number of nitrogens with two attached hydrogens (primary N) is 1. The third kappa shape index (κ3) is 8.82. The Hall–Kier alpha value is -5.32. The number of carbonyl (C=O) groups excluding carboxylic acids is 2. The molecule has 4 N–H and O–H groups in total. The van der Waals surface area contributed by atoms with Gasteiger partial charge in [0.1, 0.15) is 17.9 Å². The monoisotopic (exact) mass is 796 g/mol. The SMILES string of the molecule is CNc1nc(N)nc2c1ncn2[C@@H]1O[C@H](CO[P@](=O)(N[C@@H](C)C(=O)OC(C)C)Oc2ccccc2)[C@@H](OC(=O)N(c2ccccc2)c2ccccc2)[C@]1(F)Cl. The number of hydrogen-bond donors (Lipinski definition) is 3. The zero-order chi connectivity index (χ0) is 39.3. The van der Waals surface area contributed by atoms with Crippen molar-refractivity contribution in [3.8, 4) is 5.75 Å². The minimum atomic E-state index is -4.51. The van der Waals surface area contributed by atoms with E-state index in [2.05, 4.69) is 25.4 Å². The van der Waals surface area contributed by atoms with Crippen LogP contribution in [0.3, 0.4) is 0 Å². The number of para-hydroxylation sites is 3. The summed E-state index contributed by atoms with van der Waals surface area (Å²) in [6.07, 6.45) is -5.54. The Balaban J connectivity index is 1.37. The molecule has 1 aliphatic rings. The lowest BCUT2D eigenvalue weighted by atomic mass is 10.1. The minimum absolute atomic E-state index is 0.0450. The summed E-state index contributed by atoms with van der Waals surface area (Å²) in [6.45, 7) is 3.99. The predicted molar refractivity (Wildman–Crippen MR) is 203 cm³/mol. The van der Waals surface area contributed by atoms with Gasteiger partial charge in [-0.25, -0.2) is 23.6 Å². The quantitative estimate of drug-likeness (QED) is 0.0608. The molecule has 0 unspecified atom stereocenters. The molecule has 5 aromatic rings. The van der Waals surface area contributed by atoms with Crippen LogP contribution in [-0.2, 0) is 28.1 Å². The maximum absolute atomic E-state index is 17.4. The number of amides is 1. The molecule has 0 radical (unpaired) electrons. The molecule has 1 amide bonds. The lowest BCUT2D eigenvalue weighted by Crippen LogP contribution is -2.45. The number of imidazole rings is 1. The molecule has 16 nitrogen and oxygen atoms in total. The lowest BCUT2D eigenvalue weighted by molar-refractivity contribution is -0.149. The summed E-state index contributed by atoms with van der Waals surface area (Å²) in [4.78, 5) is 40.8. The van der Waals surface area contributed by atoms with Crippen LogP contribution < -0.4 is 25.6 Å². The van der Waals surface area contributed by atoms with Crippen molar-refractivity contribution >= 4 is 65.7 Å². The van der Waals surface area contributed by atoms with Gasteiger partial charge in [-0.3, -0.25) is 13.9 Å². The van der Waals surface area contributed by atoms with Crippen LogP contribution in [-0.4, -0.2) is 74.7 Å². The average Bonchev–Trinajstić information content (AvgIpc) is 3.68. The number of nitrogens with zero attached hydrogens (tertiary/aromatic N) is 5. The highest BCUT2D eigenvalue weighted by Gasteiger charge is 2.61. The lowest BCUT2D eigenvalue weighted by Gasteiger charge is -2.29. The number of halogens is 2. The van der Waals surface area contributed by atoms with E-state index in [9.17, 15) is 14.2 Å². The van der Waals surface area contributed by atoms with Gasteiger partial charge < -0.3 is 29.8 Å². The zero-order valence-corrected chi connectivity index (χ0v) is 31.8. The van der Waals surface area contributed by atoms with E-state index in [0.717, 1.165) is 0 Å². The molecule has 0 saturated carbocycles. The molecule has 55 heavy (non-hydrogen) atoms. The number of fused-ring (bicyclic) bond motifs is 1. The number of rotatable bonds is 14. The van der Waals surface area contributed by atoms with Gasteiger partial charge in [-0.15, -0.1) is 0 Å². The molecule has 0 aliphatic carbocycles. The fraction of sp³-hybridized carbons (Fsp3) is 0.306. The van der Waals surface area contributed by atoms with Crippen molar-refractivity contribution in [1.29, 1.82) is 0 Å². The van der Waals surface area contributed by atoms with Gasteiger partial charge in [0.25, 0.3) is 5.13 Å². The second-order valence-corrected chi connectivity index (χ2v) is 14.8. The second-order valence-electron chi connectivity index (χ2n) is 12.6. The van der Waals surface area contributed by atoms with E-state index in [1.54, 1.807) is 99.8 Å². The number of aromatic nitrogens is 4. The third-order valence-corrected chi connectivity index (χ3v) is 10.2. The van der Waals surface area contributed by atoms with Crippen molar-refractivity contribution in [2.75, 3.05) is 29.6 Å². The van der Waals surface area contributed by atoms with Crippen molar-refractivity contribution in [2.45, 2.75) is 56.5 Å². The van der Waals surface area contributed by atoms with E-state index in [1.807, 2.05) is 0 Å². The highest BCUT2D eigenvalue weighted by Crippen LogP contribution is 2.51. The van der Waals surface area contributed by atoms with Crippen LogP contribution in [0.5, 0.6) is 5.75 Å². The molecule has 3 aromatic carbocycles. The molecule has 0 spiro atoms. The van der Waals surface area contributed by atoms with Gasteiger partial charge in [-0.1, -0.05) is 66.2 Å². The summed E-state index contributed by atoms with van der Waals surface area (Å²) < 4.78 is 61.9. The van der Waals surface area contributed by atoms with Crippen LogP contribution in [0.25, 0.3) is 11.2 Å². The summed E-state index contributed by atoms with van der Waals surface area (Å²) in [5, 5.41) is 2.39. The number of benzene rings is 3. The summed E-state index contributed by atoms with van der Waals surface area (Å²) >= 11 is 6.74. The van der Waals surface area contributed by atoms with E-state index < -0.39 is 62.1 Å². The molecule has 6 rings (SSSR count). The number of alkyl halides is 2. The summed E-state index contributed by atoms with van der Waals surface area (Å²) in [6, 6.07) is 23.9. The van der Waals surface area contributed by atoms with Crippen LogP contribution in [0.15, 0.2) is 97.3 Å². The molecule has 1 fully saturated rings. The maximum Gasteiger partial charge on any atom is 0.459 e. The van der Waals surface area contributed by atoms with Crippen LogP contribution in [0.2, 0.25) is 0 Å². The van der Waals surface area contributed by atoms with Crippen molar-refractivity contribution in [3.63, 3.8) is 0 Å². The van der Waals surface area contributed by atoms with Gasteiger partial charge in [0, 0.05) is 7.05 Å². The normalized spacial score (nSPS) is 21.1. The first-order valence-electron chi connectivity index (χ1n) is 17.1. The van der Waals surface area contributed by atoms with Gasteiger partial charge in [-0.05, 0) is 57.2 Å². The Bertz CT molecular complexity index is 2110. The molecule has 1 saturated heterocycles. The molecule has 3 heterocycles. The molecular weight excluding hydrogens is 758 g/mol. The van der Waals surface area contributed by atoms with Gasteiger partial charge in [-0.2, -0.15) is 15.1 Å². The van der Waals surface area contributed by atoms with Crippen LogP contribution in [0.1, 0.15) is 27.0 Å². The van der Waals surface area contributed by atoms with E-state index >= 15 is 4.39 Å². The molecule has 6 atom stereocenters. The number of hydrogen-bond acceptors (Lipinski definition) is 13. The first-order valence-corrected chi connectivity index (χ1v) is 19.0. The Labute approximate surface area is 320 Å². The van der Waals surface area contributed by atoms with Crippen molar-refractivity contribution in [2.24, 2.45) is 0 Å². The van der Waals surface area contributed by atoms with Crippen molar-refractivity contribution in [3.05, 3.63) is 97.3 Å². The largest absolute Gasteiger partial charge is 0.462 e. The van der Waals surface area contributed by atoms with E-state index in [4.69, 9.17) is 40.6 Å². The summed E-state index contributed by atoms with van der Waals surface area (Å²) in [5.74, 6) is -0.524. The van der Waals surface area contributed by atoms with Crippen LogP contribution in [0, 0.1) is 0 Å². The van der Waals surface area contributed by atoms with E-state index in [1.165, 1.54) is 34.9 Å². The Morgan fingerprint density at radius 2 is 1.62 bits per heavy atom. The van der Waals surface area contributed by atoms with E-state index in [0.29, 0.717) is 11.4 Å². The van der Waals surface area contributed by atoms with Gasteiger partial charge >= 0.3 is 19.8 Å². The fourth-order valence-electron chi connectivity index (χ4n) is 5.71. The van der Waals surface area contributed by atoms with E-state index in [-0.39, 0.29) is 28.7 Å². The Morgan fingerprint density at radius 1 is 1.02 bits per heavy atom. The minimum Gasteiger partial charge on any atom is -0.462 e. The molecule has 2 aromatic heterocycles. The number of nitrogens with one attached hydrogen (secondary N) is 2. The van der Waals surface area contributed by atoms with Crippen LogP contribution >= 0.6 is 19.3 Å². The van der Waals surface area contributed by atoms with Crippen molar-refractivity contribution in [1.82, 2.24) is 24.6 Å². The molecule has 0 bridgehead atoms. The standard InChI is InChI=1S/C36H39ClFN8O8P/c1-22(2)51-32(47)23(3)44-55(49,54-26-18-12-7-13-19-26)50-20-27-29(53-35(48)46(24-14-8-5-9-15-24)25-16-10-6-11-17-25)36(37,38)33(52-27)45-21-41-28-30(40-4)42-34(39)43-31(28)45/h5-19,21-23,27,29,33H,20H2,1-4H3,(H,44,49)(H3,39,40,42,43)/t23-,27+,29+,33+,36+,55+/m0/s1. The van der Waals surface area contributed by atoms with Gasteiger partial charge in [0.15, 0.2) is 29.3 Å². The Kier molecular flexibility index (Phi) is 11.9. The van der Waals surface area contributed by atoms with Crippen LogP contribution in [0.4, 0.5) is 32.3 Å². The summed E-state index contributed by atoms with van der Waals surface area (Å²) in [7, 11) is -2.92. The zero-order valence-electron chi connectivity index (χ0n) is 30.1. The predicted octanol–water partition coefficient (Wildman–Crippen LogP) is 6.73. The topological polar surface area (TPSA) is 194 Å². The van der Waals surface area contributed by atoms with Gasteiger partial charge in [0.05, 0.1) is 30.4 Å². The van der Waals surface area contributed by atoms with Gasteiger partial charge in [0.2, 0.25) is 5.95 Å². The fourth-order valence-corrected chi connectivity index (χ4v) is 7.55. The highest BCUT2D eigenvalue weighted by molar-refractivity contribution is 7.52. The number of ether oxygens (including phenoxy) is 3. The first kappa shape index (κ1) is 39.4. The molecule has 19 heteroatoms. The smallest absolute Gasteiger partial charge is 0.459 e. The maximum atomic E-state index is 17.4. The number of anilines is 4.